The molecule has 0 saturated carbocycles. The standard InChI is InChI=1S/C11H16FNO4S/c12-11-4-2-1-3-10(11)9-17-6-5-16-7-8-18(13,14)15/h1-4H,5-9H2,(H2,13,14,15). The Balaban J connectivity index is 2.08. The van der Waals surface area contributed by atoms with Crippen LogP contribution in [0.3, 0.4) is 0 Å². The molecule has 1 rings (SSSR count). The minimum atomic E-state index is -3.48. The van der Waals surface area contributed by atoms with Crippen molar-refractivity contribution in [3.8, 4) is 0 Å². The van der Waals surface area contributed by atoms with Crippen LogP contribution in [0.15, 0.2) is 24.3 Å². The summed E-state index contributed by atoms with van der Waals surface area (Å²) in [6.07, 6.45) is 0. The number of primary sulfonamides is 1. The quantitative estimate of drug-likeness (QED) is 0.708. The van der Waals surface area contributed by atoms with E-state index in [1.165, 1.54) is 6.07 Å². The molecule has 1 aromatic rings. The molecule has 5 nitrogen and oxygen atoms in total. The summed E-state index contributed by atoms with van der Waals surface area (Å²) in [5.41, 5.74) is 0.474. The second kappa shape index (κ2) is 7.42. The summed E-state index contributed by atoms with van der Waals surface area (Å²) >= 11 is 0. The molecule has 1 aromatic carbocycles. The summed E-state index contributed by atoms with van der Waals surface area (Å²) < 4.78 is 44.5. The molecule has 0 aliphatic heterocycles. The van der Waals surface area contributed by atoms with Gasteiger partial charge in [0.25, 0.3) is 0 Å². The first-order valence-corrected chi connectivity index (χ1v) is 7.10. The van der Waals surface area contributed by atoms with Gasteiger partial charge in [-0.25, -0.2) is 17.9 Å². The van der Waals surface area contributed by atoms with Crippen LogP contribution >= 0.6 is 0 Å². The SMILES string of the molecule is NS(=O)(=O)CCOCCOCc1ccccc1F. The monoisotopic (exact) mass is 277 g/mol. The van der Waals surface area contributed by atoms with E-state index in [-0.39, 0.29) is 38.0 Å². The van der Waals surface area contributed by atoms with Crippen LogP contribution in [0.25, 0.3) is 0 Å². The third-order valence-electron chi connectivity index (χ3n) is 2.10. The first kappa shape index (κ1) is 15.0. The highest BCUT2D eigenvalue weighted by Crippen LogP contribution is 2.07. The van der Waals surface area contributed by atoms with Crippen LogP contribution in [-0.4, -0.2) is 34.0 Å². The molecule has 0 aromatic heterocycles. The van der Waals surface area contributed by atoms with Gasteiger partial charge in [0.15, 0.2) is 0 Å². The van der Waals surface area contributed by atoms with E-state index in [2.05, 4.69) is 0 Å². The molecule has 2 N–H and O–H groups in total. The number of hydrogen-bond acceptors (Lipinski definition) is 4. The van der Waals surface area contributed by atoms with Gasteiger partial charge in [-0.3, -0.25) is 0 Å². The van der Waals surface area contributed by atoms with Gasteiger partial charge in [-0.15, -0.1) is 0 Å². The highest BCUT2D eigenvalue weighted by Gasteiger charge is 2.02. The number of rotatable bonds is 8. The van der Waals surface area contributed by atoms with Crippen molar-refractivity contribution in [2.75, 3.05) is 25.6 Å². The van der Waals surface area contributed by atoms with E-state index >= 15 is 0 Å². The molecule has 0 heterocycles. The van der Waals surface area contributed by atoms with Crippen molar-refractivity contribution >= 4 is 10.0 Å². The molecule has 0 bridgehead atoms. The fraction of sp³-hybridized carbons (Fsp3) is 0.455. The Hall–Kier alpha value is -1.02. The predicted molar refractivity (Wildman–Crippen MR) is 64.8 cm³/mol. The molecule has 0 saturated heterocycles. The van der Waals surface area contributed by atoms with Gasteiger partial charge in [0, 0.05) is 5.56 Å². The maximum atomic E-state index is 13.2. The fourth-order valence-corrected chi connectivity index (χ4v) is 1.54. The van der Waals surface area contributed by atoms with E-state index in [1.807, 2.05) is 0 Å². The summed E-state index contributed by atoms with van der Waals surface area (Å²) in [4.78, 5) is 0. The minimum absolute atomic E-state index is 0.0297. The molecule has 0 aliphatic rings. The van der Waals surface area contributed by atoms with Gasteiger partial charge in [-0.05, 0) is 6.07 Å². The number of ether oxygens (including phenoxy) is 2. The van der Waals surface area contributed by atoms with E-state index in [1.54, 1.807) is 18.2 Å². The van der Waals surface area contributed by atoms with Crippen molar-refractivity contribution in [2.24, 2.45) is 5.14 Å². The zero-order chi connectivity index (χ0) is 13.4. The summed E-state index contributed by atoms with van der Waals surface area (Å²) in [6.45, 7) is 0.691. The van der Waals surface area contributed by atoms with E-state index < -0.39 is 10.0 Å². The lowest BCUT2D eigenvalue weighted by Gasteiger charge is -2.06. The van der Waals surface area contributed by atoms with Crippen LogP contribution in [0.1, 0.15) is 5.56 Å². The van der Waals surface area contributed by atoms with Crippen LogP contribution in [0.5, 0.6) is 0 Å². The zero-order valence-electron chi connectivity index (χ0n) is 9.84. The van der Waals surface area contributed by atoms with Gasteiger partial charge >= 0.3 is 0 Å². The van der Waals surface area contributed by atoms with E-state index in [4.69, 9.17) is 14.6 Å². The molecule has 0 fully saturated rings. The Morgan fingerprint density at radius 1 is 1.11 bits per heavy atom. The van der Waals surface area contributed by atoms with Gasteiger partial charge in [-0.2, -0.15) is 0 Å². The van der Waals surface area contributed by atoms with Crippen LogP contribution in [0.4, 0.5) is 4.39 Å². The summed E-state index contributed by atoms with van der Waals surface area (Å²) in [5.74, 6) is -0.534. The van der Waals surface area contributed by atoms with Gasteiger partial charge in [0.2, 0.25) is 10.0 Å². The minimum Gasteiger partial charge on any atom is -0.378 e. The molecule has 0 amide bonds. The lowest BCUT2D eigenvalue weighted by molar-refractivity contribution is 0.0449. The zero-order valence-corrected chi connectivity index (χ0v) is 10.7. The van der Waals surface area contributed by atoms with Crippen LogP contribution < -0.4 is 5.14 Å². The van der Waals surface area contributed by atoms with Gasteiger partial charge in [-0.1, -0.05) is 18.2 Å². The Kier molecular flexibility index (Phi) is 6.20. The van der Waals surface area contributed by atoms with E-state index in [0.717, 1.165) is 0 Å². The molecule has 0 spiro atoms. The Bertz CT molecular complexity index is 464. The van der Waals surface area contributed by atoms with Crippen LogP contribution in [-0.2, 0) is 26.1 Å². The van der Waals surface area contributed by atoms with Gasteiger partial charge < -0.3 is 9.47 Å². The molecule has 0 aliphatic carbocycles. The van der Waals surface area contributed by atoms with Crippen molar-refractivity contribution in [2.45, 2.75) is 6.61 Å². The maximum Gasteiger partial charge on any atom is 0.211 e. The van der Waals surface area contributed by atoms with E-state index in [9.17, 15) is 12.8 Å². The molecule has 7 heteroatoms. The Morgan fingerprint density at radius 3 is 2.44 bits per heavy atom. The average molecular weight is 277 g/mol. The molecular weight excluding hydrogens is 261 g/mol. The van der Waals surface area contributed by atoms with Crippen molar-refractivity contribution in [3.63, 3.8) is 0 Å². The highest BCUT2D eigenvalue weighted by atomic mass is 32.2. The van der Waals surface area contributed by atoms with Crippen molar-refractivity contribution < 1.29 is 22.3 Å². The summed E-state index contributed by atoms with van der Waals surface area (Å²) in [7, 11) is -3.48. The number of hydrogen-bond donors (Lipinski definition) is 1. The van der Waals surface area contributed by atoms with Crippen LogP contribution in [0.2, 0.25) is 0 Å². The molecule has 0 unspecified atom stereocenters. The normalized spacial score (nSPS) is 11.7. The van der Waals surface area contributed by atoms with Gasteiger partial charge in [0.05, 0.1) is 32.2 Å². The first-order valence-electron chi connectivity index (χ1n) is 5.38. The van der Waals surface area contributed by atoms with Crippen LogP contribution in [0, 0.1) is 5.82 Å². The molecule has 0 atom stereocenters. The van der Waals surface area contributed by atoms with Crippen molar-refractivity contribution in [1.29, 1.82) is 0 Å². The lowest BCUT2D eigenvalue weighted by atomic mass is 10.2. The Labute approximate surface area is 106 Å². The average Bonchev–Trinajstić information content (AvgIpc) is 2.28. The molecule has 102 valence electrons. The third-order valence-corrected chi connectivity index (χ3v) is 2.84. The summed E-state index contributed by atoms with van der Waals surface area (Å²) in [6, 6.07) is 6.33. The summed E-state index contributed by atoms with van der Waals surface area (Å²) in [5, 5.41) is 4.79. The lowest BCUT2D eigenvalue weighted by Crippen LogP contribution is -2.21. The number of benzene rings is 1. The third kappa shape index (κ3) is 6.65. The molecular formula is C11H16FNO4S. The predicted octanol–water partition coefficient (Wildman–Crippen LogP) is 0.647. The smallest absolute Gasteiger partial charge is 0.211 e. The number of sulfonamides is 1. The van der Waals surface area contributed by atoms with Crippen molar-refractivity contribution in [3.05, 3.63) is 35.6 Å². The topological polar surface area (TPSA) is 78.6 Å². The second-order valence-electron chi connectivity index (χ2n) is 3.62. The highest BCUT2D eigenvalue weighted by molar-refractivity contribution is 7.89. The number of nitrogens with two attached hydrogens (primary N) is 1. The first-order chi connectivity index (χ1) is 8.49. The second-order valence-corrected chi connectivity index (χ2v) is 5.36. The fourth-order valence-electron chi connectivity index (χ4n) is 1.19. The van der Waals surface area contributed by atoms with E-state index in [0.29, 0.717) is 5.56 Å². The maximum absolute atomic E-state index is 13.2. The van der Waals surface area contributed by atoms with Gasteiger partial charge in [0.1, 0.15) is 5.82 Å². The molecule has 18 heavy (non-hydrogen) atoms. The Morgan fingerprint density at radius 2 is 1.78 bits per heavy atom. The number of halogens is 1. The van der Waals surface area contributed by atoms with Crippen molar-refractivity contribution in [1.82, 2.24) is 0 Å². The largest absolute Gasteiger partial charge is 0.378 e. The molecule has 0 radical (unpaired) electrons.